The van der Waals surface area contributed by atoms with Gasteiger partial charge in [0.05, 0.1) is 13.2 Å². The van der Waals surface area contributed by atoms with Gasteiger partial charge in [0.15, 0.2) is 5.90 Å². The number of nitrogens with zero attached hydrogens (tertiary/aromatic N) is 1. The summed E-state index contributed by atoms with van der Waals surface area (Å²) in [6.45, 7) is 4.45. The van der Waals surface area contributed by atoms with Gasteiger partial charge >= 0.3 is 0 Å². The van der Waals surface area contributed by atoms with Crippen molar-refractivity contribution < 1.29 is 4.74 Å². The molecule has 2 nitrogen and oxygen atoms in total. The van der Waals surface area contributed by atoms with Gasteiger partial charge in [-0.2, -0.15) is 0 Å². The van der Waals surface area contributed by atoms with E-state index < -0.39 is 0 Å². The van der Waals surface area contributed by atoms with Crippen molar-refractivity contribution in [3.8, 4) is 0 Å². The maximum atomic E-state index is 5.11. The number of methoxy groups -OCH3 is 1. The van der Waals surface area contributed by atoms with E-state index in [0.717, 1.165) is 12.3 Å². The van der Waals surface area contributed by atoms with Crippen LogP contribution in [0.1, 0.15) is 33.1 Å². The van der Waals surface area contributed by atoms with Gasteiger partial charge in [0.2, 0.25) is 0 Å². The summed E-state index contributed by atoms with van der Waals surface area (Å²) in [5.41, 5.74) is 0. The normalized spacial score (nSPS) is 30.3. The highest BCUT2D eigenvalue weighted by molar-refractivity contribution is 5.78. The van der Waals surface area contributed by atoms with Crippen LogP contribution in [-0.2, 0) is 4.74 Å². The molecule has 0 aliphatic carbocycles. The standard InChI is InChI=1S/C9H17NO/c1-4-5-8-7(2)6-9(10-8)11-3/h7-8H,4-6H2,1-3H3. The van der Waals surface area contributed by atoms with E-state index in [1.807, 2.05) is 0 Å². The molecule has 0 fully saturated rings. The Labute approximate surface area is 68.7 Å². The SMILES string of the molecule is CCCC1N=C(OC)CC1C. The molecule has 1 aliphatic rings. The van der Waals surface area contributed by atoms with Gasteiger partial charge in [0.1, 0.15) is 0 Å². The predicted molar refractivity (Wildman–Crippen MR) is 46.9 cm³/mol. The zero-order chi connectivity index (χ0) is 8.27. The van der Waals surface area contributed by atoms with Gasteiger partial charge < -0.3 is 4.74 Å². The third kappa shape index (κ3) is 1.95. The Hall–Kier alpha value is -0.530. The molecule has 0 bridgehead atoms. The second kappa shape index (κ2) is 3.74. The quantitative estimate of drug-likeness (QED) is 0.599. The molecule has 0 N–H and O–H groups in total. The predicted octanol–water partition coefficient (Wildman–Crippen LogP) is 2.24. The molecule has 1 heterocycles. The van der Waals surface area contributed by atoms with Crippen LogP contribution in [0.5, 0.6) is 0 Å². The van der Waals surface area contributed by atoms with Crippen LogP contribution in [0.4, 0.5) is 0 Å². The maximum Gasteiger partial charge on any atom is 0.183 e. The van der Waals surface area contributed by atoms with E-state index in [1.165, 1.54) is 12.8 Å². The average molecular weight is 155 g/mol. The number of hydrogen-bond acceptors (Lipinski definition) is 2. The summed E-state index contributed by atoms with van der Waals surface area (Å²) in [5.74, 6) is 1.63. The lowest BCUT2D eigenvalue weighted by Crippen LogP contribution is -2.09. The fourth-order valence-electron chi connectivity index (χ4n) is 1.56. The van der Waals surface area contributed by atoms with Gasteiger partial charge in [-0.1, -0.05) is 20.3 Å². The van der Waals surface area contributed by atoms with Crippen molar-refractivity contribution in [3.63, 3.8) is 0 Å². The van der Waals surface area contributed by atoms with Crippen LogP contribution in [-0.4, -0.2) is 19.0 Å². The van der Waals surface area contributed by atoms with Crippen molar-refractivity contribution in [1.29, 1.82) is 0 Å². The Morgan fingerprint density at radius 2 is 2.36 bits per heavy atom. The summed E-state index contributed by atoms with van der Waals surface area (Å²) in [5, 5.41) is 0. The lowest BCUT2D eigenvalue weighted by Gasteiger charge is -2.09. The van der Waals surface area contributed by atoms with Gasteiger partial charge in [-0.05, 0) is 12.3 Å². The Bertz CT molecular complexity index is 154. The Morgan fingerprint density at radius 1 is 1.64 bits per heavy atom. The molecule has 0 spiro atoms. The first-order chi connectivity index (χ1) is 5.27. The fraction of sp³-hybridized carbons (Fsp3) is 0.889. The van der Waals surface area contributed by atoms with Crippen molar-refractivity contribution in [2.24, 2.45) is 10.9 Å². The molecule has 11 heavy (non-hydrogen) atoms. The zero-order valence-electron chi connectivity index (χ0n) is 7.63. The summed E-state index contributed by atoms with van der Waals surface area (Å²) >= 11 is 0. The lowest BCUT2D eigenvalue weighted by molar-refractivity contribution is 0.390. The third-order valence-electron chi connectivity index (χ3n) is 2.28. The Kier molecular flexibility index (Phi) is 2.92. The largest absolute Gasteiger partial charge is 0.484 e. The van der Waals surface area contributed by atoms with E-state index in [0.29, 0.717) is 12.0 Å². The first-order valence-corrected chi connectivity index (χ1v) is 4.38. The van der Waals surface area contributed by atoms with Crippen LogP contribution in [0.25, 0.3) is 0 Å². The van der Waals surface area contributed by atoms with Crippen molar-refractivity contribution in [2.75, 3.05) is 7.11 Å². The van der Waals surface area contributed by atoms with Gasteiger partial charge in [-0.25, -0.2) is 0 Å². The van der Waals surface area contributed by atoms with Crippen LogP contribution in [0.3, 0.4) is 0 Å². The van der Waals surface area contributed by atoms with Crippen molar-refractivity contribution in [1.82, 2.24) is 0 Å². The highest BCUT2D eigenvalue weighted by atomic mass is 16.5. The molecule has 0 aromatic rings. The molecule has 0 amide bonds. The smallest absolute Gasteiger partial charge is 0.183 e. The van der Waals surface area contributed by atoms with Gasteiger partial charge in [-0.3, -0.25) is 4.99 Å². The average Bonchev–Trinajstić information content (AvgIpc) is 2.33. The highest BCUT2D eigenvalue weighted by Crippen LogP contribution is 2.24. The van der Waals surface area contributed by atoms with E-state index in [4.69, 9.17) is 4.74 Å². The molecule has 64 valence electrons. The minimum atomic E-state index is 0.523. The molecule has 0 saturated carbocycles. The van der Waals surface area contributed by atoms with Crippen LogP contribution < -0.4 is 0 Å². The fourth-order valence-corrected chi connectivity index (χ4v) is 1.56. The monoisotopic (exact) mass is 155 g/mol. The number of aliphatic imine (C=N–C) groups is 1. The van der Waals surface area contributed by atoms with Crippen LogP contribution >= 0.6 is 0 Å². The zero-order valence-corrected chi connectivity index (χ0v) is 7.63. The minimum absolute atomic E-state index is 0.523. The lowest BCUT2D eigenvalue weighted by atomic mass is 9.99. The molecule has 0 aromatic heterocycles. The molecule has 2 heteroatoms. The number of rotatable bonds is 2. The highest BCUT2D eigenvalue weighted by Gasteiger charge is 2.24. The van der Waals surface area contributed by atoms with E-state index in [9.17, 15) is 0 Å². The second-order valence-corrected chi connectivity index (χ2v) is 3.26. The molecule has 0 aromatic carbocycles. The molecule has 1 aliphatic heterocycles. The van der Waals surface area contributed by atoms with Gasteiger partial charge in [0.25, 0.3) is 0 Å². The molecule has 0 radical (unpaired) electrons. The Morgan fingerprint density at radius 3 is 2.82 bits per heavy atom. The molecule has 1 rings (SSSR count). The first kappa shape index (κ1) is 8.57. The van der Waals surface area contributed by atoms with Gasteiger partial charge in [0, 0.05) is 6.42 Å². The van der Waals surface area contributed by atoms with Crippen molar-refractivity contribution >= 4 is 5.90 Å². The first-order valence-electron chi connectivity index (χ1n) is 4.38. The summed E-state index contributed by atoms with van der Waals surface area (Å²) in [7, 11) is 1.71. The number of ether oxygens (including phenoxy) is 1. The molecular formula is C9H17NO. The minimum Gasteiger partial charge on any atom is -0.484 e. The molecule has 2 atom stereocenters. The second-order valence-electron chi connectivity index (χ2n) is 3.26. The number of hydrogen-bond donors (Lipinski definition) is 0. The molecular weight excluding hydrogens is 138 g/mol. The maximum absolute atomic E-state index is 5.11. The third-order valence-corrected chi connectivity index (χ3v) is 2.28. The summed E-state index contributed by atoms with van der Waals surface area (Å²) < 4.78 is 5.11. The van der Waals surface area contributed by atoms with E-state index in [1.54, 1.807) is 7.11 Å². The van der Waals surface area contributed by atoms with Crippen molar-refractivity contribution in [2.45, 2.75) is 39.2 Å². The topological polar surface area (TPSA) is 21.6 Å². The summed E-state index contributed by atoms with van der Waals surface area (Å²) in [6, 6.07) is 0.523. The summed E-state index contributed by atoms with van der Waals surface area (Å²) in [4.78, 5) is 4.47. The van der Waals surface area contributed by atoms with E-state index >= 15 is 0 Å². The molecule has 2 unspecified atom stereocenters. The van der Waals surface area contributed by atoms with E-state index in [2.05, 4.69) is 18.8 Å². The molecule has 0 saturated heterocycles. The van der Waals surface area contributed by atoms with Crippen LogP contribution in [0, 0.1) is 5.92 Å². The van der Waals surface area contributed by atoms with E-state index in [-0.39, 0.29) is 0 Å². The van der Waals surface area contributed by atoms with Crippen molar-refractivity contribution in [3.05, 3.63) is 0 Å². The van der Waals surface area contributed by atoms with Crippen LogP contribution in [0.15, 0.2) is 4.99 Å². The van der Waals surface area contributed by atoms with Crippen LogP contribution in [0.2, 0.25) is 0 Å². The Balaban J connectivity index is 2.46. The summed E-state index contributed by atoms with van der Waals surface area (Å²) in [6.07, 6.45) is 3.45. The van der Waals surface area contributed by atoms with Gasteiger partial charge in [-0.15, -0.1) is 0 Å².